The Labute approximate surface area is 106 Å². The molecule has 18 heavy (non-hydrogen) atoms. The summed E-state index contributed by atoms with van der Waals surface area (Å²) in [6, 6.07) is 1.82. The maximum atomic E-state index is 12.0. The van der Waals surface area contributed by atoms with Crippen LogP contribution < -0.4 is 5.32 Å². The first-order valence-corrected chi connectivity index (χ1v) is 6.15. The van der Waals surface area contributed by atoms with Gasteiger partial charge in [0.1, 0.15) is 0 Å². The van der Waals surface area contributed by atoms with E-state index in [0.717, 1.165) is 0 Å². The van der Waals surface area contributed by atoms with Crippen molar-refractivity contribution in [2.75, 3.05) is 0 Å². The number of allylic oxidation sites excluding steroid dienone is 2. The molecule has 0 bridgehead atoms. The first-order valence-electron chi connectivity index (χ1n) is 6.15. The predicted molar refractivity (Wildman–Crippen MR) is 65.4 cm³/mol. The number of nitrogens with one attached hydrogen (secondary N) is 1. The van der Waals surface area contributed by atoms with Crippen molar-refractivity contribution >= 4 is 11.9 Å². The molecule has 0 aromatic carbocycles. The molecular formula is C13H18N2O3. The highest BCUT2D eigenvalue weighted by atomic mass is 16.4. The quantitative estimate of drug-likeness (QED) is 0.723. The summed E-state index contributed by atoms with van der Waals surface area (Å²) in [6.07, 6.45) is 5.40. The molecule has 98 valence electrons. The summed E-state index contributed by atoms with van der Waals surface area (Å²) in [4.78, 5) is 23.1. The summed E-state index contributed by atoms with van der Waals surface area (Å²) >= 11 is 0. The minimum Gasteiger partial charge on any atom is -0.481 e. The van der Waals surface area contributed by atoms with Crippen LogP contribution >= 0.6 is 0 Å². The first-order chi connectivity index (χ1) is 8.60. The average Bonchev–Trinajstić information content (AvgIpc) is 2.38. The van der Waals surface area contributed by atoms with Crippen LogP contribution in [-0.2, 0) is 9.59 Å². The lowest BCUT2D eigenvalue weighted by Crippen LogP contribution is -2.43. The van der Waals surface area contributed by atoms with Crippen LogP contribution in [0.4, 0.5) is 0 Å². The minimum absolute atomic E-state index is 0.192. The topological polar surface area (TPSA) is 90.2 Å². The summed E-state index contributed by atoms with van der Waals surface area (Å²) < 4.78 is 0. The Hall–Kier alpha value is -1.83. The molecule has 0 aromatic heterocycles. The van der Waals surface area contributed by atoms with Crippen LogP contribution in [0, 0.1) is 23.2 Å². The lowest BCUT2D eigenvalue weighted by molar-refractivity contribution is -0.147. The lowest BCUT2D eigenvalue weighted by atomic mass is 9.82. The number of carboxylic acids is 1. The summed E-state index contributed by atoms with van der Waals surface area (Å²) in [6.45, 7) is 1.89. The summed E-state index contributed by atoms with van der Waals surface area (Å²) in [5, 5.41) is 20.5. The zero-order chi connectivity index (χ0) is 13.5. The number of aliphatic carboxylic acids is 1. The fourth-order valence-corrected chi connectivity index (χ4v) is 2.09. The van der Waals surface area contributed by atoms with Gasteiger partial charge in [-0.25, -0.2) is 0 Å². The van der Waals surface area contributed by atoms with Crippen molar-refractivity contribution in [3.05, 3.63) is 12.2 Å². The number of nitrogens with zero attached hydrogens (tertiary/aromatic N) is 1. The van der Waals surface area contributed by atoms with Crippen LogP contribution in [0.1, 0.15) is 32.6 Å². The highest BCUT2D eigenvalue weighted by Crippen LogP contribution is 2.26. The number of carbonyl (C=O) groups excluding carboxylic acids is 1. The number of rotatable bonds is 5. The normalized spacial score (nSPS) is 24.0. The molecule has 0 heterocycles. The molecule has 1 rings (SSSR count). The van der Waals surface area contributed by atoms with Crippen molar-refractivity contribution in [2.24, 2.45) is 11.8 Å². The molecule has 5 heteroatoms. The number of carbonyl (C=O) groups is 2. The van der Waals surface area contributed by atoms with Crippen LogP contribution in [0.3, 0.4) is 0 Å². The van der Waals surface area contributed by atoms with Crippen LogP contribution in [0.25, 0.3) is 0 Å². The highest BCUT2D eigenvalue weighted by Gasteiger charge is 2.34. The Morgan fingerprint density at radius 1 is 1.44 bits per heavy atom. The molecule has 0 fully saturated rings. The third kappa shape index (κ3) is 3.59. The van der Waals surface area contributed by atoms with E-state index in [1.54, 1.807) is 6.08 Å². The van der Waals surface area contributed by atoms with E-state index in [9.17, 15) is 9.59 Å². The predicted octanol–water partition coefficient (Wildman–Crippen LogP) is 1.46. The molecule has 1 aliphatic rings. The lowest BCUT2D eigenvalue weighted by Gasteiger charge is -2.26. The van der Waals surface area contributed by atoms with Crippen molar-refractivity contribution in [1.29, 1.82) is 5.26 Å². The number of nitriles is 1. The van der Waals surface area contributed by atoms with Crippen LogP contribution in [-0.4, -0.2) is 23.0 Å². The number of carboxylic acid groups (broad SMARTS) is 1. The maximum Gasteiger partial charge on any atom is 0.307 e. The van der Waals surface area contributed by atoms with E-state index in [-0.39, 0.29) is 18.4 Å². The second-order valence-corrected chi connectivity index (χ2v) is 4.47. The molecule has 0 aromatic rings. The molecule has 1 aliphatic carbocycles. The minimum atomic E-state index is -0.937. The fourth-order valence-electron chi connectivity index (χ4n) is 2.09. The standard InChI is InChI=1S/C13H18N2O3/c1-2-9(7-8-14)15-12(16)10-5-3-4-6-11(10)13(17)18/h3-4,9-11H,2,5-7H2,1H3,(H,15,16)(H,17,18). The van der Waals surface area contributed by atoms with Gasteiger partial charge in [-0.05, 0) is 19.3 Å². The molecule has 2 N–H and O–H groups in total. The highest BCUT2D eigenvalue weighted by molar-refractivity contribution is 5.85. The molecule has 3 unspecified atom stereocenters. The number of hydrogen-bond acceptors (Lipinski definition) is 3. The summed E-state index contributed by atoms with van der Waals surface area (Å²) in [5.41, 5.74) is 0. The van der Waals surface area contributed by atoms with Crippen LogP contribution in [0.2, 0.25) is 0 Å². The molecule has 0 radical (unpaired) electrons. The van der Waals surface area contributed by atoms with E-state index in [0.29, 0.717) is 19.3 Å². The van der Waals surface area contributed by atoms with Gasteiger partial charge in [0, 0.05) is 6.04 Å². The van der Waals surface area contributed by atoms with Crippen LogP contribution in [0.15, 0.2) is 12.2 Å². The Kier molecular flexibility index (Phi) is 5.37. The summed E-state index contributed by atoms with van der Waals surface area (Å²) in [5.74, 6) is -2.38. The van der Waals surface area contributed by atoms with E-state index in [1.165, 1.54) is 0 Å². The van der Waals surface area contributed by atoms with E-state index in [2.05, 4.69) is 5.32 Å². The van der Waals surface area contributed by atoms with Crippen molar-refractivity contribution in [3.8, 4) is 6.07 Å². The SMILES string of the molecule is CCC(CC#N)NC(=O)C1CC=CCC1C(=O)O. The van der Waals surface area contributed by atoms with Gasteiger partial charge in [-0.2, -0.15) is 5.26 Å². The molecule has 5 nitrogen and oxygen atoms in total. The second-order valence-electron chi connectivity index (χ2n) is 4.47. The van der Waals surface area contributed by atoms with Crippen molar-refractivity contribution < 1.29 is 14.7 Å². The fraction of sp³-hybridized carbons (Fsp3) is 0.615. The van der Waals surface area contributed by atoms with E-state index >= 15 is 0 Å². The van der Waals surface area contributed by atoms with Crippen molar-refractivity contribution in [3.63, 3.8) is 0 Å². The molecule has 0 spiro atoms. The van der Waals surface area contributed by atoms with Crippen LogP contribution in [0.5, 0.6) is 0 Å². The van der Waals surface area contributed by atoms with Gasteiger partial charge < -0.3 is 10.4 Å². The monoisotopic (exact) mass is 250 g/mol. The van der Waals surface area contributed by atoms with E-state index < -0.39 is 17.8 Å². The molecule has 0 saturated carbocycles. The van der Waals surface area contributed by atoms with Gasteiger partial charge in [-0.1, -0.05) is 19.1 Å². The van der Waals surface area contributed by atoms with Gasteiger partial charge in [-0.15, -0.1) is 0 Å². The largest absolute Gasteiger partial charge is 0.481 e. The molecule has 0 saturated heterocycles. The van der Waals surface area contributed by atoms with Gasteiger partial charge >= 0.3 is 5.97 Å². The third-order valence-electron chi connectivity index (χ3n) is 3.26. The zero-order valence-corrected chi connectivity index (χ0v) is 10.4. The smallest absolute Gasteiger partial charge is 0.307 e. The number of hydrogen-bond donors (Lipinski definition) is 2. The first kappa shape index (κ1) is 14.2. The Morgan fingerprint density at radius 2 is 2.06 bits per heavy atom. The van der Waals surface area contributed by atoms with Gasteiger partial charge in [0.15, 0.2) is 0 Å². The molecule has 1 amide bonds. The second kappa shape index (κ2) is 6.80. The van der Waals surface area contributed by atoms with Gasteiger partial charge in [0.25, 0.3) is 0 Å². The van der Waals surface area contributed by atoms with Crippen molar-refractivity contribution in [1.82, 2.24) is 5.32 Å². The Bertz CT molecular complexity index is 384. The van der Waals surface area contributed by atoms with E-state index in [4.69, 9.17) is 10.4 Å². The zero-order valence-electron chi connectivity index (χ0n) is 10.4. The van der Waals surface area contributed by atoms with E-state index in [1.807, 2.05) is 19.1 Å². The van der Waals surface area contributed by atoms with Crippen molar-refractivity contribution in [2.45, 2.75) is 38.6 Å². The summed E-state index contributed by atoms with van der Waals surface area (Å²) in [7, 11) is 0. The molecule has 3 atom stereocenters. The maximum absolute atomic E-state index is 12.0. The third-order valence-corrected chi connectivity index (χ3v) is 3.26. The average molecular weight is 250 g/mol. The van der Waals surface area contributed by atoms with Gasteiger partial charge in [-0.3, -0.25) is 9.59 Å². The Morgan fingerprint density at radius 3 is 2.56 bits per heavy atom. The Balaban J connectivity index is 2.67. The van der Waals surface area contributed by atoms with Gasteiger partial charge in [0.05, 0.1) is 24.3 Å². The molecular weight excluding hydrogens is 232 g/mol. The number of amides is 1. The molecule has 0 aliphatic heterocycles. The van der Waals surface area contributed by atoms with Gasteiger partial charge in [0.2, 0.25) is 5.91 Å².